The van der Waals surface area contributed by atoms with Crippen molar-refractivity contribution >= 4 is 5.97 Å². The van der Waals surface area contributed by atoms with E-state index < -0.39 is 12.3 Å². The average molecular weight is 222 g/mol. The SMILES string of the molecule is Cc1ccc2c(c1)COC(CC(=O)O)OC2. The first-order valence-corrected chi connectivity index (χ1v) is 5.18. The fourth-order valence-electron chi connectivity index (χ4n) is 1.70. The molecule has 1 aromatic rings. The largest absolute Gasteiger partial charge is 0.481 e. The summed E-state index contributed by atoms with van der Waals surface area (Å²) in [6, 6.07) is 6.05. The van der Waals surface area contributed by atoms with Crippen LogP contribution in [0.5, 0.6) is 0 Å². The van der Waals surface area contributed by atoms with Gasteiger partial charge in [0.15, 0.2) is 6.29 Å². The third-order valence-electron chi connectivity index (χ3n) is 2.55. The van der Waals surface area contributed by atoms with E-state index in [4.69, 9.17) is 14.6 Å². The number of hydrogen-bond acceptors (Lipinski definition) is 3. The first-order valence-electron chi connectivity index (χ1n) is 5.18. The van der Waals surface area contributed by atoms with E-state index in [9.17, 15) is 4.79 Å². The molecular formula is C12H14O4. The smallest absolute Gasteiger partial charge is 0.308 e. The van der Waals surface area contributed by atoms with E-state index in [1.165, 1.54) is 5.56 Å². The van der Waals surface area contributed by atoms with Crippen molar-refractivity contribution in [2.75, 3.05) is 0 Å². The highest BCUT2D eigenvalue weighted by molar-refractivity contribution is 5.67. The molecule has 86 valence electrons. The molecule has 4 nitrogen and oxygen atoms in total. The van der Waals surface area contributed by atoms with Gasteiger partial charge in [-0.15, -0.1) is 0 Å². The Balaban J connectivity index is 2.09. The second-order valence-electron chi connectivity index (χ2n) is 3.92. The monoisotopic (exact) mass is 222 g/mol. The molecule has 1 aromatic carbocycles. The number of fused-ring (bicyclic) bond motifs is 1. The summed E-state index contributed by atoms with van der Waals surface area (Å²) in [7, 11) is 0. The van der Waals surface area contributed by atoms with Gasteiger partial charge in [0.05, 0.1) is 19.6 Å². The zero-order valence-corrected chi connectivity index (χ0v) is 9.10. The van der Waals surface area contributed by atoms with Crippen LogP contribution in [0.1, 0.15) is 23.1 Å². The number of rotatable bonds is 2. The van der Waals surface area contributed by atoms with Crippen LogP contribution in [0.2, 0.25) is 0 Å². The van der Waals surface area contributed by atoms with Crippen molar-refractivity contribution in [3.05, 3.63) is 34.9 Å². The lowest BCUT2D eigenvalue weighted by Crippen LogP contribution is -2.18. The van der Waals surface area contributed by atoms with E-state index in [0.717, 1.165) is 11.1 Å². The summed E-state index contributed by atoms with van der Waals surface area (Å²) in [5.74, 6) is -0.910. The third-order valence-corrected chi connectivity index (χ3v) is 2.55. The van der Waals surface area contributed by atoms with Crippen molar-refractivity contribution in [1.82, 2.24) is 0 Å². The Hall–Kier alpha value is -1.39. The van der Waals surface area contributed by atoms with E-state index in [1.54, 1.807) is 0 Å². The third kappa shape index (κ3) is 2.59. The van der Waals surface area contributed by atoms with E-state index in [0.29, 0.717) is 13.2 Å². The van der Waals surface area contributed by atoms with E-state index >= 15 is 0 Å². The first kappa shape index (κ1) is 11.1. The summed E-state index contributed by atoms with van der Waals surface area (Å²) in [5, 5.41) is 8.66. The van der Waals surface area contributed by atoms with E-state index in [1.807, 2.05) is 25.1 Å². The van der Waals surface area contributed by atoms with Gasteiger partial charge < -0.3 is 14.6 Å². The van der Waals surface area contributed by atoms with Gasteiger partial charge in [-0.3, -0.25) is 4.79 Å². The Morgan fingerprint density at radius 3 is 2.75 bits per heavy atom. The highest BCUT2D eigenvalue weighted by Crippen LogP contribution is 2.20. The number of hydrogen-bond donors (Lipinski definition) is 1. The second-order valence-corrected chi connectivity index (χ2v) is 3.92. The lowest BCUT2D eigenvalue weighted by molar-refractivity contribution is -0.170. The molecule has 0 aliphatic carbocycles. The Bertz CT molecular complexity index is 400. The lowest BCUT2D eigenvalue weighted by Gasteiger charge is -2.12. The molecule has 0 aromatic heterocycles. The van der Waals surface area contributed by atoms with Gasteiger partial charge in [-0.2, -0.15) is 0 Å². The highest BCUT2D eigenvalue weighted by atomic mass is 16.7. The number of carboxylic acid groups (broad SMARTS) is 1. The van der Waals surface area contributed by atoms with Crippen LogP contribution in [0.4, 0.5) is 0 Å². The summed E-state index contributed by atoms with van der Waals surface area (Å²) in [6.07, 6.45) is -0.766. The van der Waals surface area contributed by atoms with E-state index in [-0.39, 0.29) is 6.42 Å². The summed E-state index contributed by atoms with van der Waals surface area (Å²) in [5.41, 5.74) is 3.31. The van der Waals surface area contributed by atoms with Crippen LogP contribution in [0.25, 0.3) is 0 Å². The van der Waals surface area contributed by atoms with E-state index in [2.05, 4.69) is 0 Å². The van der Waals surface area contributed by atoms with Crippen LogP contribution in [-0.4, -0.2) is 17.4 Å². The molecule has 1 heterocycles. The minimum atomic E-state index is -0.910. The molecule has 1 atom stereocenters. The molecule has 1 N–H and O–H groups in total. The van der Waals surface area contributed by atoms with Crippen molar-refractivity contribution in [1.29, 1.82) is 0 Å². The van der Waals surface area contributed by atoms with Gasteiger partial charge in [0, 0.05) is 0 Å². The van der Waals surface area contributed by atoms with Gasteiger partial charge in [0.2, 0.25) is 0 Å². The van der Waals surface area contributed by atoms with Gasteiger partial charge >= 0.3 is 5.97 Å². The number of aliphatic carboxylic acids is 1. The van der Waals surface area contributed by atoms with Crippen molar-refractivity contribution < 1.29 is 19.4 Å². The van der Waals surface area contributed by atoms with Crippen molar-refractivity contribution in [2.24, 2.45) is 0 Å². The predicted molar refractivity (Wildman–Crippen MR) is 56.8 cm³/mol. The maximum Gasteiger partial charge on any atom is 0.308 e. The van der Waals surface area contributed by atoms with Crippen molar-refractivity contribution in [3.8, 4) is 0 Å². The van der Waals surface area contributed by atoms with Crippen LogP contribution < -0.4 is 0 Å². The summed E-state index contributed by atoms with van der Waals surface area (Å²) in [6.45, 7) is 2.84. The molecule has 0 saturated heterocycles. The molecule has 0 fully saturated rings. The zero-order valence-electron chi connectivity index (χ0n) is 9.10. The molecule has 0 saturated carbocycles. The molecule has 0 bridgehead atoms. The average Bonchev–Trinajstić information content (AvgIpc) is 2.40. The summed E-state index contributed by atoms with van der Waals surface area (Å²) < 4.78 is 10.8. The van der Waals surface area contributed by atoms with Crippen LogP contribution in [-0.2, 0) is 27.5 Å². The molecule has 16 heavy (non-hydrogen) atoms. The molecule has 1 unspecified atom stereocenters. The number of benzene rings is 1. The standard InChI is InChI=1S/C12H14O4/c1-8-2-3-9-6-15-12(5-11(13)14)16-7-10(9)4-8/h2-4,12H,5-7H2,1H3,(H,13,14). The van der Waals surface area contributed by atoms with Crippen LogP contribution >= 0.6 is 0 Å². The number of carboxylic acids is 1. The molecule has 1 aliphatic rings. The van der Waals surface area contributed by atoms with Gasteiger partial charge in [-0.25, -0.2) is 0 Å². The van der Waals surface area contributed by atoms with Crippen molar-refractivity contribution in [2.45, 2.75) is 32.8 Å². The normalized spacial score (nSPS) is 19.9. The zero-order chi connectivity index (χ0) is 11.5. The Morgan fingerprint density at radius 1 is 1.38 bits per heavy atom. The van der Waals surface area contributed by atoms with Gasteiger partial charge in [0.25, 0.3) is 0 Å². The molecule has 0 spiro atoms. The fraction of sp³-hybridized carbons (Fsp3) is 0.417. The van der Waals surface area contributed by atoms with Gasteiger partial charge in [0.1, 0.15) is 0 Å². The molecule has 1 aliphatic heterocycles. The Labute approximate surface area is 93.8 Å². The maximum atomic E-state index is 10.5. The lowest BCUT2D eigenvalue weighted by atomic mass is 10.1. The molecular weight excluding hydrogens is 208 g/mol. The second kappa shape index (κ2) is 4.63. The predicted octanol–water partition coefficient (Wildman–Crippen LogP) is 1.84. The van der Waals surface area contributed by atoms with Crippen molar-refractivity contribution in [3.63, 3.8) is 0 Å². The minimum absolute atomic E-state index is 0.118. The molecule has 0 amide bonds. The Kier molecular flexibility index (Phi) is 3.22. The van der Waals surface area contributed by atoms with Gasteiger partial charge in [-0.1, -0.05) is 23.8 Å². The highest BCUT2D eigenvalue weighted by Gasteiger charge is 2.19. The fourth-order valence-corrected chi connectivity index (χ4v) is 1.70. The minimum Gasteiger partial charge on any atom is -0.481 e. The van der Waals surface area contributed by atoms with Crippen LogP contribution in [0, 0.1) is 6.92 Å². The van der Waals surface area contributed by atoms with Crippen LogP contribution in [0.15, 0.2) is 18.2 Å². The maximum absolute atomic E-state index is 10.5. The first-order chi connectivity index (χ1) is 7.65. The number of carbonyl (C=O) groups is 1. The topological polar surface area (TPSA) is 55.8 Å². The summed E-state index contributed by atoms with van der Waals surface area (Å²) in [4.78, 5) is 10.5. The summed E-state index contributed by atoms with van der Waals surface area (Å²) >= 11 is 0. The number of ether oxygens (including phenoxy) is 2. The number of aryl methyl sites for hydroxylation is 1. The Morgan fingerprint density at radius 2 is 2.06 bits per heavy atom. The van der Waals surface area contributed by atoms with Gasteiger partial charge in [-0.05, 0) is 18.1 Å². The molecule has 0 radical (unpaired) electrons. The van der Waals surface area contributed by atoms with Crippen LogP contribution in [0.3, 0.4) is 0 Å². The molecule has 4 heteroatoms. The molecule has 2 rings (SSSR count). The quantitative estimate of drug-likeness (QED) is 0.829.